The maximum atomic E-state index is 11.5. The summed E-state index contributed by atoms with van der Waals surface area (Å²) in [7, 11) is 0. The summed E-state index contributed by atoms with van der Waals surface area (Å²) in [6.45, 7) is 3.58. The van der Waals surface area contributed by atoms with Gasteiger partial charge in [-0.25, -0.2) is 0 Å². The second kappa shape index (κ2) is 7.05. The third-order valence-corrected chi connectivity index (χ3v) is 3.15. The molecule has 3 heteroatoms. The highest BCUT2D eigenvalue weighted by molar-refractivity contribution is 5.76. The van der Waals surface area contributed by atoms with E-state index >= 15 is 0 Å². The van der Waals surface area contributed by atoms with Gasteiger partial charge in [0.25, 0.3) is 0 Å². The summed E-state index contributed by atoms with van der Waals surface area (Å²) < 4.78 is 0. The summed E-state index contributed by atoms with van der Waals surface area (Å²) >= 11 is 0. The van der Waals surface area contributed by atoms with Crippen LogP contribution in [0, 0.1) is 17.2 Å². The van der Waals surface area contributed by atoms with Crippen LogP contribution in [0.3, 0.4) is 0 Å². The Labute approximate surface area is 97.5 Å². The number of hydrogen-bond donors (Lipinski definition) is 1. The van der Waals surface area contributed by atoms with E-state index in [2.05, 4.69) is 18.0 Å². The molecule has 0 saturated heterocycles. The maximum absolute atomic E-state index is 11.5. The molecule has 1 unspecified atom stereocenters. The molecule has 0 spiro atoms. The molecule has 0 bridgehead atoms. The molecule has 0 heterocycles. The Morgan fingerprint density at radius 3 is 2.75 bits per heavy atom. The normalized spacial score (nSPS) is 18.4. The summed E-state index contributed by atoms with van der Waals surface area (Å²) in [5, 5.41) is 11.9. The average Bonchev–Trinajstić information content (AvgIpc) is 2.34. The molecule has 1 aliphatic carbocycles. The van der Waals surface area contributed by atoms with Gasteiger partial charge >= 0.3 is 0 Å². The number of carbonyl (C=O) groups excluding carboxylic acids is 1. The minimum atomic E-state index is -0.294. The molecule has 1 fully saturated rings. The molecular weight excluding hydrogens is 200 g/mol. The Morgan fingerprint density at radius 2 is 2.19 bits per heavy atom. The highest BCUT2D eigenvalue weighted by Crippen LogP contribution is 2.26. The number of allylic oxidation sites excluding steroid dienone is 1. The molecule has 0 aromatic rings. The van der Waals surface area contributed by atoms with E-state index in [0.717, 1.165) is 12.8 Å². The topological polar surface area (TPSA) is 52.9 Å². The van der Waals surface area contributed by atoms with Crippen molar-refractivity contribution in [2.75, 3.05) is 0 Å². The summed E-state index contributed by atoms with van der Waals surface area (Å²) in [6.07, 6.45) is 8.61. The molecule has 88 valence electrons. The smallest absolute Gasteiger partial charge is 0.221 e. The van der Waals surface area contributed by atoms with Gasteiger partial charge in [-0.05, 0) is 25.2 Å². The van der Waals surface area contributed by atoms with Crippen LogP contribution in [0.25, 0.3) is 0 Å². The Morgan fingerprint density at radius 1 is 1.50 bits per heavy atom. The van der Waals surface area contributed by atoms with Crippen LogP contribution in [0.5, 0.6) is 0 Å². The van der Waals surface area contributed by atoms with Crippen molar-refractivity contribution in [3.63, 3.8) is 0 Å². The van der Waals surface area contributed by atoms with Crippen LogP contribution >= 0.6 is 0 Å². The summed E-state index contributed by atoms with van der Waals surface area (Å²) in [6, 6.07) is 1.93. The summed E-state index contributed by atoms with van der Waals surface area (Å²) in [5.41, 5.74) is 0. The first-order chi connectivity index (χ1) is 7.77. The molecule has 16 heavy (non-hydrogen) atoms. The first kappa shape index (κ1) is 12.8. The predicted molar refractivity (Wildman–Crippen MR) is 63.5 cm³/mol. The lowest BCUT2D eigenvalue weighted by molar-refractivity contribution is -0.121. The molecule has 0 aromatic carbocycles. The molecule has 1 N–H and O–H groups in total. The molecular formula is C13H20N2O. The average molecular weight is 220 g/mol. The van der Waals surface area contributed by atoms with E-state index in [4.69, 9.17) is 5.26 Å². The van der Waals surface area contributed by atoms with Crippen molar-refractivity contribution in [2.45, 2.75) is 51.0 Å². The Kier molecular flexibility index (Phi) is 5.63. The second-order valence-corrected chi connectivity index (χ2v) is 4.40. The lowest BCUT2D eigenvalue weighted by Crippen LogP contribution is -2.39. The lowest BCUT2D eigenvalue weighted by Gasteiger charge is -2.26. The minimum absolute atomic E-state index is 0.0305. The molecule has 0 radical (unpaired) electrons. The fourth-order valence-electron chi connectivity index (χ4n) is 2.20. The maximum Gasteiger partial charge on any atom is 0.221 e. The van der Waals surface area contributed by atoms with E-state index in [0.29, 0.717) is 18.8 Å². The number of nitrogens with zero attached hydrogens (tertiary/aromatic N) is 1. The van der Waals surface area contributed by atoms with Crippen molar-refractivity contribution in [1.82, 2.24) is 5.32 Å². The van der Waals surface area contributed by atoms with Gasteiger partial charge in [0.05, 0.1) is 6.07 Å². The number of amides is 1. The fourth-order valence-corrected chi connectivity index (χ4v) is 2.20. The fraction of sp³-hybridized carbons (Fsp3) is 0.692. The number of hydrogen-bond acceptors (Lipinski definition) is 2. The molecule has 1 aliphatic rings. The van der Waals surface area contributed by atoms with E-state index in [1.807, 2.05) is 0 Å². The molecule has 3 nitrogen and oxygen atoms in total. The zero-order valence-electron chi connectivity index (χ0n) is 9.74. The molecule has 0 aliphatic heterocycles. The first-order valence-electron chi connectivity index (χ1n) is 6.07. The second-order valence-electron chi connectivity index (χ2n) is 4.40. The zero-order chi connectivity index (χ0) is 11.8. The molecule has 1 saturated carbocycles. The van der Waals surface area contributed by atoms with Crippen LogP contribution < -0.4 is 5.32 Å². The van der Waals surface area contributed by atoms with Gasteiger partial charge in [0.15, 0.2) is 0 Å². The van der Waals surface area contributed by atoms with Crippen molar-refractivity contribution in [1.29, 1.82) is 5.26 Å². The van der Waals surface area contributed by atoms with Crippen LogP contribution in [0.4, 0.5) is 0 Å². The molecule has 1 atom stereocenters. The van der Waals surface area contributed by atoms with Gasteiger partial charge in [0, 0.05) is 6.42 Å². The Hall–Kier alpha value is -1.30. The largest absolute Gasteiger partial charge is 0.340 e. The number of carbonyl (C=O) groups is 1. The standard InChI is InChI=1S/C13H20N2O/c1-2-3-9-13(16)15-12(10-14)11-7-5-4-6-8-11/h2,11-12H,1,3-9H2,(H,15,16). The van der Waals surface area contributed by atoms with Crippen LogP contribution in [-0.4, -0.2) is 11.9 Å². The first-order valence-corrected chi connectivity index (χ1v) is 6.07. The van der Waals surface area contributed by atoms with Gasteiger partial charge in [0.1, 0.15) is 6.04 Å². The van der Waals surface area contributed by atoms with Crippen molar-refractivity contribution in [3.8, 4) is 6.07 Å². The van der Waals surface area contributed by atoms with E-state index in [9.17, 15) is 4.79 Å². The Balaban J connectivity index is 2.38. The van der Waals surface area contributed by atoms with Crippen LogP contribution in [0.2, 0.25) is 0 Å². The monoisotopic (exact) mass is 220 g/mol. The molecule has 0 aromatic heterocycles. The van der Waals surface area contributed by atoms with Crippen molar-refractivity contribution in [2.24, 2.45) is 5.92 Å². The number of rotatable bonds is 5. The van der Waals surface area contributed by atoms with Crippen LogP contribution in [0.1, 0.15) is 44.9 Å². The SMILES string of the molecule is C=CCCC(=O)NC(C#N)C1CCCCC1. The quantitative estimate of drug-likeness (QED) is 0.724. The van der Waals surface area contributed by atoms with Crippen molar-refractivity contribution in [3.05, 3.63) is 12.7 Å². The number of nitrogens with one attached hydrogen (secondary N) is 1. The van der Waals surface area contributed by atoms with Gasteiger partial charge < -0.3 is 5.32 Å². The van der Waals surface area contributed by atoms with E-state index in [1.54, 1.807) is 6.08 Å². The van der Waals surface area contributed by atoms with Crippen LogP contribution in [-0.2, 0) is 4.79 Å². The Bertz CT molecular complexity index is 274. The van der Waals surface area contributed by atoms with Crippen molar-refractivity contribution < 1.29 is 4.79 Å². The van der Waals surface area contributed by atoms with Gasteiger partial charge in [0.2, 0.25) is 5.91 Å². The molecule has 1 amide bonds. The van der Waals surface area contributed by atoms with E-state index in [-0.39, 0.29) is 11.9 Å². The van der Waals surface area contributed by atoms with Gasteiger partial charge in [-0.3, -0.25) is 4.79 Å². The predicted octanol–water partition coefficient (Wildman–Crippen LogP) is 2.54. The third-order valence-electron chi connectivity index (χ3n) is 3.15. The minimum Gasteiger partial charge on any atom is -0.340 e. The summed E-state index contributed by atoms with van der Waals surface area (Å²) in [5.74, 6) is 0.323. The zero-order valence-corrected chi connectivity index (χ0v) is 9.74. The number of nitriles is 1. The van der Waals surface area contributed by atoms with Crippen molar-refractivity contribution >= 4 is 5.91 Å². The lowest BCUT2D eigenvalue weighted by atomic mass is 9.84. The van der Waals surface area contributed by atoms with E-state index in [1.165, 1.54) is 19.3 Å². The van der Waals surface area contributed by atoms with Crippen LogP contribution in [0.15, 0.2) is 12.7 Å². The van der Waals surface area contributed by atoms with Gasteiger partial charge in [-0.2, -0.15) is 5.26 Å². The highest BCUT2D eigenvalue weighted by Gasteiger charge is 2.24. The summed E-state index contributed by atoms with van der Waals surface area (Å²) in [4.78, 5) is 11.5. The van der Waals surface area contributed by atoms with E-state index < -0.39 is 0 Å². The molecule has 1 rings (SSSR count). The third kappa shape index (κ3) is 4.06. The highest BCUT2D eigenvalue weighted by atomic mass is 16.1. The van der Waals surface area contributed by atoms with Gasteiger partial charge in [-0.15, -0.1) is 6.58 Å². The van der Waals surface area contributed by atoms with Gasteiger partial charge in [-0.1, -0.05) is 25.3 Å².